The molecule has 46 heavy (non-hydrogen) atoms. The molecule has 0 aliphatic carbocycles. The summed E-state index contributed by atoms with van der Waals surface area (Å²) in [7, 11) is 1.27. The van der Waals surface area contributed by atoms with Gasteiger partial charge in [-0.05, 0) is 73.0 Å². The quantitative estimate of drug-likeness (QED) is 0.209. The number of hydrogen-bond donors (Lipinski definition) is 1. The topological polar surface area (TPSA) is 126 Å². The summed E-state index contributed by atoms with van der Waals surface area (Å²) in [6.45, 7) is 4.65. The van der Waals surface area contributed by atoms with Crippen LogP contribution in [0.3, 0.4) is 0 Å². The monoisotopic (exact) mass is 682 g/mol. The Labute approximate surface area is 277 Å². The molecular formula is C33H28Cl2N2O8S. The van der Waals surface area contributed by atoms with Crippen LogP contribution in [0.15, 0.2) is 76.2 Å². The molecule has 1 N–H and O–H groups in total. The number of benzene rings is 3. The molecule has 0 saturated heterocycles. The van der Waals surface area contributed by atoms with Gasteiger partial charge in [0.15, 0.2) is 22.0 Å². The summed E-state index contributed by atoms with van der Waals surface area (Å²) in [6.07, 6.45) is 3.05. The molecule has 3 aromatic carbocycles. The summed E-state index contributed by atoms with van der Waals surface area (Å²) >= 11 is 14.2. The maximum Gasteiger partial charge on any atom is 0.337 e. The molecule has 1 aliphatic rings. The van der Waals surface area contributed by atoms with Gasteiger partial charge >= 0.3 is 11.9 Å². The first kappa shape index (κ1) is 32.8. The smallest absolute Gasteiger partial charge is 0.337 e. The van der Waals surface area contributed by atoms with Gasteiger partial charge in [0.05, 0.1) is 52.1 Å². The van der Waals surface area contributed by atoms with Crippen LogP contribution in [0, 0.1) is 0 Å². The maximum absolute atomic E-state index is 13.9. The van der Waals surface area contributed by atoms with E-state index in [1.807, 2.05) is 13.8 Å². The van der Waals surface area contributed by atoms with Crippen molar-refractivity contribution in [1.82, 2.24) is 4.57 Å². The van der Waals surface area contributed by atoms with Gasteiger partial charge in [-0.1, -0.05) is 52.7 Å². The minimum atomic E-state index is -1.02. The zero-order valence-corrected chi connectivity index (χ0v) is 27.2. The first-order valence-corrected chi connectivity index (χ1v) is 15.6. The van der Waals surface area contributed by atoms with Gasteiger partial charge in [0, 0.05) is 6.20 Å². The number of carboxylic acids is 1. The van der Waals surface area contributed by atoms with Gasteiger partial charge in [0.25, 0.3) is 5.56 Å². The van der Waals surface area contributed by atoms with Crippen molar-refractivity contribution in [3.8, 4) is 17.2 Å². The molecule has 0 bridgehead atoms. The van der Waals surface area contributed by atoms with Crippen LogP contribution in [-0.2, 0) is 16.1 Å². The summed E-state index contributed by atoms with van der Waals surface area (Å²) in [4.78, 5) is 42.7. The Morgan fingerprint density at radius 2 is 1.65 bits per heavy atom. The highest BCUT2D eigenvalue weighted by Gasteiger charge is 2.31. The second-order valence-electron chi connectivity index (χ2n) is 9.85. The number of hydrogen-bond acceptors (Lipinski definition) is 9. The Morgan fingerprint density at radius 1 is 0.978 bits per heavy atom. The number of halogens is 2. The molecule has 13 heteroatoms. The molecule has 0 amide bonds. The number of aromatic nitrogens is 1. The Hall–Kier alpha value is -4.58. The van der Waals surface area contributed by atoms with E-state index < -0.39 is 18.0 Å². The lowest BCUT2D eigenvalue weighted by molar-refractivity contribution is -0.136. The van der Waals surface area contributed by atoms with E-state index in [2.05, 4.69) is 4.99 Å². The highest BCUT2D eigenvalue weighted by atomic mass is 35.5. The number of carbonyl (C=O) groups excluding carboxylic acids is 1. The molecule has 5 rings (SSSR count). The largest absolute Gasteiger partial charge is 0.490 e. The Kier molecular flexibility index (Phi) is 10.2. The first-order chi connectivity index (χ1) is 22.1. The predicted octanol–water partition coefficient (Wildman–Crippen LogP) is 5.40. The van der Waals surface area contributed by atoms with Crippen molar-refractivity contribution in [2.75, 3.05) is 20.3 Å². The molecule has 0 fully saturated rings. The summed E-state index contributed by atoms with van der Waals surface area (Å²) < 4.78 is 24.1. The third-order valence-electron chi connectivity index (χ3n) is 6.91. The van der Waals surface area contributed by atoms with Crippen LogP contribution in [0.4, 0.5) is 0 Å². The molecule has 2 heterocycles. The molecule has 0 saturated carbocycles. The molecule has 0 radical (unpaired) electrons. The number of methoxy groups -OCH3 is 1. The SMILES string of the molecule is CCOc1ccc([C@@H]2C(C(=O)OC)=CN=c3s/c(=C\c4cc(Cl)c(OCc5ccc(C(=O)O)cc5)c(Cl)c4)c(=O)n32)cc1OCC. The number of thiazole rings is 1. The van der Waals surface area contributed by atoms with E-state index in [0.717, 1.165) is 16.9 Å². The molecular weight excluding hydrogens is 655 g/mol. The van der Waals surface area contributed by atoms with Crippen molar-refractivity contribution >= 4 is 52.6 Å². The van der Waals surface area contributed by atoms with Gasteiger partial charge < -0.3 is 24.1 Å². The van der Waals surface area contributed by atoms with E-state index in [9.17, 15) is 14.4 Å². The highest BCUT2D eigenvalue weighted by molar-refractivity contribution is 7.07. The molecule has 1 atom stereocenters. The number of esters is 1. The van der Waals surface area contributed by atoms with Crippen LogP contribution in [0.25, 0.3) is 6.08 Å². The van der Waals surface area contributed by atoms with Gasteiger partial charge in [0.2, 0.25) is 0 Å². The summed E-state index contributed by atoms with van der Waals surface area (Å²) in [5.41, 5.74) is 1.84. The molecule has 4 aromatic rings. The van der Waals surface area contributed by atoms with E-state index in [1.54, 1.807) is 48.5 Å². The Morgan fingerprint density at radius 3 is 2.28 bits per heavy atom. The third kappa shape index (κ3) is 6.81. The van der Waals surface area contributed by atoms with Crippen molar-refractivity contribution in [2.45, 2.75) is 26.5 Å². The van der Waals surface area contributed by atoms with E-state index in [-0.39, 0.29) is 39.1 Å². The Balaban J connectivity index is 1.51. The van der Waals surface area contributed by atoms with Gasteiger partial charge in [-0.25, -0.2) is 14.6 Å². The minimum absolute atomic E-state index is 0.108. The van der Waals surface area contributed by atoms with Gasteiger partial charge in [0.1, 0.15) is 6.61 Å². The number of ether oxygens (including phenoxy) is 4. The normalized spacial score (nSPS) is 14.2. The fraction of sp³-hybridized carbons (Fsp3) is 0.212. The lowest BCUT2D eigenvalue weighted by atomic mass is 9.97. The minimum Gasteiger partial charge on any atom is -0.490 e. The lowest BCUT2D eigenvalue weighted by Crippen LogP contribution is -2.39. The van der Waals surface area contributed by atoms with Gasteiger partial charge in [-0.3, -0.25) is 9.36 Å². The van der Waals surface area contributed by atoms with E-state index in [1.165, 1.54) is 30.0 Å². The molecule has 1 aliphatic heterocycles. The highest BCUT2D eigenvalue weighted by Crippen LogP contribution is 2.36. The number of nitrogens with zero attached hydrogens (tertiary/aromatic N) is 2. The zero-order chi connectivity index (χ0) is 33.0. The average Bonchev–Trinajstić information content (AvgIpc) is 3.35. The molecule has 238 valence electrons. The van der Waals surface area contributed by atoms with Gasteiger partial charge in [-0.15, -0.1) is 0 Å². The van der Waals surface area contributed by atoms with Crippen molar-refractivity contribution < 1.29 is 33.6 Å². The Bertz CT molecular complexity index is 2000. The number of rotatable bonds is 11. The van der Waals surface area contributed by atoms with Crippen molar-refractivity contribution in [2.24, 2.45) is 4.99 Å². The number of carboxylic acid groups (broad SMARTS) is 1. The van der Waals surface area contributed by atoms with Crippen LogP contribution in [-0.4, -0.2) is 41.9 Å². The number of aromatic carboxylic acids is 1. The third-order valence-corrected chi connectivity index (χ3v) is 8.47. The average molecular weight is 684 g/mol. The van der Waals surface area contributed by atoms with Crippen molar-refractivity contribution in [3.63, 3.8) is 0 Å². The standard InChI is InChI=1S/C33H28Cl2N2O8S/c1-4-43-25-11-10-21(15-26(25)44-5-2)28-22(32(41)42-3)16-36-33-37(28)30(38)27(46-33)14-19-12-23(34)29(24(35)13-19)45-17-18-6-8-20(9-7-18)31(39)40/h6-16,28H,4-5,17H2,1-3H3,(H,39,40)/b27-14-/t28-/m1/s1. The van der Waals surface area contributed by atoms with E-state index in [0.29, 0.717) is 45.2 Å². The molecule has 10 nitrogen and oxygen atoms in total. The van der Waals surface area contributed by atoms with Crippen LogP contribution < -0.4 is 29.1 Å². The predicted molar refractivity (Wildman–Crippen MR) is 174 cm³/mol. The number of fused-ring (bicyclic) bond motifs is 1. The summed E-state index contributed by atoms with van der Waals surface area (Å²) in [6, 6.07) is 13.9. The van der Waals surface area contributed by atoms with Crippen molar-refractivity contribution in [1.29, 1.82) is 0 Å². The fourth-order valence-corrected chi connectivity index (χ4v) is 6.42. The summed E-state index contributed by atoms with van der Waals surface area (Å²) in [5, 5.41) is 9.53. The van der Waals surface area contributed by atoms with E-state index in [4.69, 9.17) is 47.3 Å². The fourth-order valence-electron chi connectivity index (χ4n) is 4.84. The molecule has 1 aromatic heterocycles. The van der Waals surface area contributed by atoms with Crippen LogP contribution in [0.5, 0.6) is 17.2 Å². The summed E-state index contributed by atoms with van der Waals surface area (Å²) in [5.74, 6) is -0.377. The van der Waals surface area contributed by atoms with Gasteiger partial charge in [-0.2, -0.15) is 0 Å². The van der Waals surface area contributed by atoms with Crippen molar-refractivity contribution in [3.05, 3.63) is 118 Å². The lowest BCUT2D eigenvalue weighted by Gasteiger charge is -2.23. The number of carbonyl (C=O) groups is 2. The maximum atomic E-state index is 13.9. The second kappa shape index (κ2) is 14.2. The van der Waals surface area contributed by atoms with Crippen LogP contribution in [0.2, 0.25) is 10.0 Å². The molecule has 0 unspecified atom stereocenters. The first-order valence-electron chi connectivity index (χ1n) is 14.1. The zero-order valence-electron chi connectivity index (χ0n) is 24.9. The van der Waals surface area contributed by atoms with E-state index >= 15 is 0 Å². The molecule has 0 spiro atoms. The van der Waals surface area contributed by atoms with Crippen LogP contribution in [0.1, 0.15) is 46.9 Å². The van der Waals surface area contributed by atoms with Crippen LogP contribution >= 0.6 is 34.5 Å². The second-order valence-corrected chi connectivity index (χ2v) is 11.7.